The molecule has 2 atom stereocenters. The van der Waals surface area contributed by atoms with Crippen molar-refractivity contribution in [1.29, 1.82) is 0 Å². The van der Waals surface area contributed by atoms with Crippen LogP contribution in [0, 0.1) is 11.8 Å². The molecule has 0 heterocycles. The third kappa shape index (κ3) is 3.39. The van der Waals surface area contributed by atoms with Gasteiger partial charge in [0.15, 0.2) is 0 Å². The van der Waals surface area contributed by atoms with Crippen molar-refractivity contribution in [3.63, 3.8) is 0 Å². The molecule has 0 aromatic carbocycles. The molecule has 1 N–H and O–H groups in total. The lowest BCUT2D eigenvalue weighted by molar-refractivity contribution is 0.401. The molecule has 0 aromatic rings. The smallest absolute Gasteiger partial charge is 0.108 e. The minimum atomic E-state index is 0.436. The maximum absolute atomic E-state index is 4.26. The van der Waals surface area contributed by atoms with Crippen molar-refractivity contribution in [3.05, 3.63) is 37.7 Å². The fourth-order valence-electron chi connectivity index (χ4n) is 1.98. The van der Waals surface area contributed by atoms with E-state index in [0.717, 1.165) is 12.3 Å². The number of nitrogens with zero attached hydrogens (tertiary/aromatic N) is 1. The maximum Gasteiger partial charge on any atom is 0.108 e. The van der Waals surface area contributed by atoms with Crippen LogP contribution in [-0.2, 0) is 0 Å². The minimum Gasteiger partial charge on any atom is -0.351 e. The average Bonchev–Trinajstić information content (AvgIpc) is 2.29. The lowest BCUT2D eigenvalue weighted by atomic mass is 9.83. The topological polar surface area (TPSA) is 24.4 Å². The van der Waals surface area contributed by atoms with E-state index in [0.29, 0.717) is 11.8 Å². The molecule has 0 radical (unpaired) electrons. The summed E-state index contributed by atoms with van der Waals surface area (Å²) < 4.78 is 0. The molecule has 1 rings (SSSR count). The summed E-state index contributed by atoms with van der Waals surface area (Å²) in [5, 5.41) is 3.10. The van der Waals surface area contributed by atoms with E-state index < -0.39 is 0 Å². The van der Waals surface area contributed by atoms with E-state index in [-0.39, 0.29) is 0 Å². The van der Waals surface area contributed by atoms with Crippen LogP contribution in [0.2, 0.25) is 0 Å². The number of amidine groups is 1. The molecule has 0 bridgehead atoms. The Morgan fingerprint density at radius 3 is 2.87 bits per heavy atom. The third-order valence-electron chi connectivity index (χ3n) is 2.93. The average molecular weight is 204 g/mol. The van der Waals surface area contributed by atoms with Crippen LogP contribution in [-0.4, -0.2) is 5.84 Å². The number of rotatable bonds is 4. The Hall–Kier alpha value is -1.31. The van der Waals surface area contributed by atoms with Crippen LogP contribution in [0.3, 0.4) is 0 Å². The zero-order valence-electron chi connectivity index (χ0n) is 9.45. The molecule has 0 aliphatic heterocycles. The first kappa shape index (κ1) is 11.8. The number of hydrogen-bond acceptors (Lipinski definition) is 1. The fraction of sp³-hybridized carbons (Fsp3) is 0.462. The Morgan fingerprint density at radius 2 is 2.33 bits per heavy atom. The molecule has 0 fully saturated rings. The van der Waals surface area contributed by atoms with Gasteiger partial charge in [-0.25, -0.2) is 4.99 Å². The monoisotopic (exact) mass is 204 g/mol. The molecule has 82 valence electrons. The van der Waals surface area contributed by atoms with Crippen LogP contribution >= 0.6 is 0 Å². The molecule has 2 heteroatoms. The molecule has 0 amide bonds. The van der Waals surface area contributed by atoms with Crippen molar-refractivity contribution >= 4 is 5.84 Å². The van der Waals surface area contributed by atoms with Gasteiger partial charge in [-0.3, -0.25) is 0 Å². The number of hydrogen-bond donors (Lipinski definition) is 1. The highest BCUT2D eigenvalue weighted by Gasteiger charge is 2.21. The van der Waals surface area contributed by atoms with Gasteiger partial charge in [-0.05, 0) is 31.4 Å². The molecule has 0 saturated carbocycles. The van der Waals surface area contributed by atoms with Gasteiger partial charge in [-0.2, -0.15) is 0 Å². The second-order valence-corrected chi connectivity index (χ2v) is 3.88. The summed E-state index contributed by atoms with van der Waals surface area (Å²) in [5.41, 5.74) is 0. The second-order valence-electron chi connectivity index (χ2n) is 3.88. The molecule has 2 unspecified atom stereocenters. The second kappa shape index (κ2) is 6.23. The molecular weight excluding hydrogens is 184 g/mol. The van der Waals surface area contributed by atoms with Crippen molar-refractivity contribution in [2.75, 3.05) is 0 Å². The van der Waals surface area contributed by atoms with E-state index >= 15 is 0 Å². The Morgan fingerprint density at radius 1 is 1.53 bits per heavy atom. The summed E-state index contributed by atoms with van der Waals surface area (Å²) in [6.45, 7) is 9.52. The van der Waals surface area contributed by atoms with Crippen molar-refractivity contribution in [1.82, 2.24) is 5.32 Å². The van der Waals surface area contributed by atoms with Crippen LogP contribution in [0.25, 0.3) is 0 Å². The molecule has 0 spiro atoms. The molecule has 0 aromatic heterocycles. The standard InChI is InChI=1S/C13H20N2/c1-4-14-13(15-5-2)11(3)12-9-7-6-8-10-12/h4-7,11-12H,1-2,8-10H2,3H3,(H,14,15). The van der Waals surface area contributed by atoms with Crippen molar-refractivity contribution < 1.29 is 0 Å². The van der Waals surface area contributed by atoms with E-state index in [9.17, 15) is 0 Å². The minimum absolute atomic E-state index is 0.436. The van der Waals surface area contributed by atoms with Crippen LogP contribution in [0.15, 0.2) is 42.7 Å². The zero-order valence-corrected chi connectivity index (χ0v) is 9.45. The Labute approximate surface area is 92.5 Å². The number of nitrogens with one attached hydrogen (secondary N) is 1. The summed E-state index contributed by atoms with van der Waals surface area (Å²) in [4.78, 5) is 4.26. The van der Waals surface area contributed by atoms with Crippen LogP contribution < -0.4 is 5.32 Å². The summed E-state index contributed by atoms with van der Waals surface area (Å²) in [6.07, 6.45) is 11.4. The number of allylic oxidation sites excluding steroid dienone is 2. The van der Waals surface area contributed by atoms with Gasteiger partial charge in [0.1, 0.15) is 5.84 Å². The Balaban J connectivity index is 2.65. The predicted octanol–water partition coefficient (Wildman–Crippen LogP) is 3.25. The SMILES string of the molecule is C=C/N=C(\NC=C)C(C)C1CC=CCC1. The highest BCUT2D eigenvalue weighted by Crippen LogP contribution is 2.26. The molecule has 1 aliphatic carbocycles. The molecule has 15 heavy (non-hydrogen) atoms. The highest BCUT2D eigenvalue weighted by molar-refractivity contribution is 5.85. The van der Waals surface area contributed by atoms with Gasteiger partial charge in [0.2, 0.25) is 0 Å². The summed E-state index contributed by atoms with van der Waals surface area (Å²) in [6, 6.07) is 0. The van der Waals surface area contributed by atoms with Crippen LogP contribution in [0.1, 0.15) is 26.2 Å². The summed E-state index contributed by atoms with van der Waals surface area (Å²) in [5.74, 6) is 2.09. The highest BCUT2D eigenvalue weighted by atomic mass is 15.0. The molecule has 2 nitrogen and oxygen atoms in total. The fourth-order valence-corrected chi connectivity index (χ4v) is 1.98. The number of aliphatic imine (C=N–C) groups is 1. The van der Waals surface area contributed by atoms with Crippen LogP contribution in [0.5, 0.6) is 0 Å². The largest absolute Gasteiger partial charge is 0.351 e. The van der Waals surface area contributed by atoms with Gasteiger partial charge in [-0.1, -0.05) is 32.2 Å². The van der Waals surface area contributed by atoms with Gasteiger partial charge < -0.3 is 5.32 Å². The zero-order chi connectivity index (χ0) is 11.1. The van der Waals surface area contributed by atoms with Crippen LogP contribution in [0.4, 0.5) is 0 Å². The van der Waals surface area contributed by atoms with Crippen molar-refractivity contribution in [2.24, 2.45) is 16.8 Å². The molecule has 0 saturated heterocycles. The molecule has 1 aliphatic rings. The lowest BCUT2D eigenvalue weighted by Crippen LogP contribution is -2.30. The first-order chi connectivity index (χ1) is 7.29. The van der Waals surface area contributed by atoms with E-state index in [2.05, 4.69) is 42.5 Å². The quantitative estimate of drug-likeness (QED) is 0.424. The van der Waals surface area contributed by atoms with Gasteiger partial charge >= 0.3 is 0 Å². The van der Waals surface area contributed by atoms with Crippen molar-refractivity contribution in [2.45, 2.75) is 26.2 Å². The first-order valence-corrected chi connectivity index (χ1v) is 5.50. The van der Waals surface area contributed by atoms with E-state index in [1.165, 1.54) is 12.8 Å². The van der Waals surface area contributed by atoms with E-state index in [1.54, 1.807) is 12.4 Å². The van der Waals surface area contributed by atoms with Gasteiger partial charge in [0.05, 0.1) is 0 Å². The van der Waals surface area contributed by atoms with Crippen molar-refractivity contribution in [3.8, 4) is 0 Å². The lowest BCUT2D eigenvalue weighted by Gasteiger charge is -2.25. The van der Waals surface area contributed by atoms with Gasteiger partial charge in [-0.15, -0.1) is 0 Å². The summed E-state index contributed by atoms with van der Waals surface area (Å²) in [7, 11) is 0. The van der Waals surface area contributed by atoms with Gasteiger partial charge in [0.25, 0.3) is 0 Å². The van der Waals surface area contributed by atoms with E-state index in [4.69, 9.17) is 0 Å². The normalized spacial score (nSPS) is 23.3. The Bertz CT molecular complexity index is 276. The Kier molecular flexibility index (Phi) is 4.88. The summed E-state index contributed by atoms with van der Waals surface area (Å²) >= 11 is 0. The maximum atomic E-state index is 4.26. The third-order valence-corrected chi connectivity index (χ3v) is 2.93. The van der Waals surface area contributed by atoms with E-state index in [1.807, 2.05) is 0 Å². The first-order valence-electron chi connectivity index (χ1n) is 5.50. The van der Waals surface area contributed by atoms with Gasteiger partial charge in [0, 0.05) is 12.1 Å². The molecular formula is C13H20N2. The predicted molar refractivity (Wildman–Crippen MR) is 66.6 cm³/mol.